The molecule has 0 aromatic heterocycles. The van der Waals surface area contributed by atoms with Crippen LogP contribution >= 0.6 is 11.8 Å². The Morgan fingerprint density at radius 1 is 1.43 bits per heavy atom. The molecule has 2 rings (SSSR count). The molecule has 0 saturated carbocycles. The first-order chi connectivity index (χ1) is 6.90. The summed E-state index contributed by atoms with van der Waals surface area (Å²) in [5, 5.41) is 12.3. The zero-order valence-corrected chi connectivity index (χ0v) is 8.89. The van der Waals surface area contributed by atoms with Crippen LogP contribution in [0.1, 0.15) is 12.8 Å². The highest BCUT2D eigenvalue weighted by molar-refractivity contribution is 7.99. The van der Waals surface area contributed by atoms with Crippen molar-refractivity contribution >= 4 is 17.4 Å². The van der Waals surface area contributed by atoms with Crippen molar-refractivity contribution in [2.24, 2.45) is 0 Å². The molecule has 1 unspecified atom stereocenters. The first kappa shape index (κ1) is 9.87. The van der Waals surface area contributed by atoms with E-state index in [1.54, 1.807) is 0 Å². The molecule has 2 nitrogen and oxygen atoms in total. The van der Waals surface area contributed by atoms with Crippen LogP contribution in [0.15, 0.2) is 29.2 Å². The zero-order valence-electron chi connectivity index (χ0n) is 8.07. The summed E-state index contributed by atoms with van der Waals surface area (Å²) in [5.74, 6) is 1.11. The van der Waals surface area contributed by atoms with E-state index in [1.165, 1.54) is 10.6 Å². The average Bonchev–Trinajstić information content (AvgIpc) is 2.26. The number of para-hydroxylation sites is 1. The van der Waals surface area contributed by atoms with Gasteiger partial charge in [-0.1, -0.05) is 12.1 Å². The fourth-order valence-corrected chi connectivity index (χ4v) is 2.74. The van der Waals surface area contributed by atoms with E-state index in [9.17, 15) is 0 Å². The Kier molecular flexibility index (Phi) is 3.32. The van der Waals surface area contributed by atoms with Gasteiger partial charge in [0.1, 0.15) is 0 Å². The number of aliphatic hydroxyl groups excluding tert-OH is 1. The fourth-order valence-electron chi connectivity index (χ4n) is 1.66. The fraction of sp³-hybridized carbons (Fsp3) is 0.455. The van der Waals surface area contributed by atoms with Gasteiger partial charge in [0.05, 0.1) is 0 Å². The second-order valence-electron chi connectivity index (χ2n) is 3.51. The molecule has 0 radical (unpaired) electrons. The van der Waals surface area contributed by atoms with E-state index in [4.69, 9.17) is 5.11 Å². The standard InChI is InChI=1S/C11H15NOS/c13-7-3-4-9-8-14-11-6-2-1-5-10(11)12-9/h1-2,5-6,9,12-13H,3-4,7-8H2. The van der Waals surface area contributed by atoms with Crippen LogP contribution in [0.5, 0.6) is 0 Å². The smallest absolute Gasteiger partial charge is 0.0480 e. The summed E-state index contributed by atoms with van der Waals surface area (Å²) in [6, 6.07) is 8.91. The predicted octanol–water partition coefficient (Wildman–Crippen LogP) is 2.35. The van der Waals surface area contributed by atoms with Gasteiger partial charge in [-0.15, -0.1) is 11.8 Å². The number of fused-ring (bicyclic) bond motifs is 1. The minimum absolute atomic E-state index is 0.296. The third-order valence-electron chi connectivity index (χ3n) is 2.40. The summed E-state index contributed by atoms with van der Waals surface area (Å²) in [7, 11) is 0. The second kappa shape index (κ2) is 4.71. The molecule has 0 spiro atoms. The molecule has 0 amide bonds. The van der Waals surface area contributed by atoms with Gasteiger partial charge in [-0.2, -0.15) is 0 Å². The maximum absolute atomic E-state index is 8.76. The van der Waals surface area contributed by atoms with Crippen LogP contribution in [0.2, 0.25) is 0 Å². The number of rotatable bonds is 3. The molecule has 1 aliphatic heterocycles. The first-order valence-electron chi connectivity index (χ1n) is 4.99. The van der Waals surface area contributed by atoms with Crippen molar-refractivity contribution in [1.29, 1.82) is 0 Å². The van der Waals surface area contributed by atoms with E-state index in [0.717, 1.165) is 18.6 Å². The summed E-state index contributed by atoms with van der Waals surface area (Å²) in [6.07, 6.45) is 1.94. The Morgan fingerprint density at radius 2 is 2.29 bits per heavy atom. The van der Waals surface area contributed by atoms with Crippen LogP contribution in [0, 0.1) is 0 Å². The molecular weight excluding hydrogens is 194 g/mol. The number of nitrogens with one attached hydrogen (secondary N) is 1. The summed E-state index contributed by atoms with van der Waals surface area (Å²) >= 11 is 1.90. The molecule has 0 aliphatic carbocycles. The van der Waals surface area contributed by atoms with E-state index < -0.39 is 0 Å². The lowest BCUT2D eigenvalue weighted by atomic mass is 10.1. The van der Waals surface area contributed by atoms with Crippen molar-refractivity contribution in [3.05, 3.63) is 24.3 Å². The lowest BCUT2D eigenvalue weighted by Crippen LogP contribution is -2.25. The quantitative estimate of drug-likeness (QED) is 0.801. The highest BCUT2D eigenvalue weighted by atomic mass is 32.2. The molecular formula is C11H15NOS. The minimum Gasteiger partial charge on any atom is -0.396 e. The Morgan fingerprint density at radius 3 is 3.14 bits per heavy atom. The van der Waals surface area contributed by atoms with Crippen molar-refractivity contribution in [2.45, 2.75) is 23.8 Å². The number of benzene rings is 1. The SMILES string of the molecule is OCCCC1CSc2ccccc2N1. The molecule has 1 atom stereocenters. The number of thioether (sulfide) groups is 1. The number of hydrogen-bond donors (Lipinski definition) is 2. The van der Waals surface area contributed by atoms with Gasteiger partial charge in [-0.3, -0.25) is 0 Å². The Labute approximate surface area is 88.7 Å². The lowest BCUT2D eigenvalue weighted by molar-refractivity contribution is 0.282. The highest BCUT2D eigenvalue weighted by Gasteiger charge is 2.16. The van der Waals surface area contributed by atoms with Gasteiger partial charge in [0.2, 0.25) is 0 Å². The van der Waals surface area contributed by atoms with Crippen LogP contribution in [0.3, 0.4) is 0 Å². The number of aliphatic hydroxyl groups is 1. The maximum Gasteiger partial charge on any atom is 0.0480 e. The van der Waals surface area contributed by atoms with Gasteiger partial charge < -0.3 is 10.4 Å². The third-order valence-corrected chi connectivity index (χ3v) is 3.63. The van der Waals surface area contributed by atoms with Crippen LogP contribution in [0.25, 0.3) is 0 Å². The molecule has 0 saturated heterocycles. The Balaban J connectivity index is 1.99. The average molecular weight is 209 g/mol. The molecule has 2 N–H and O–H groups in total. The third kappa shape index (κ3) is 2.22. The van der Waals surface area contributed by atoms with E-state index >= 15 is 0 Å². The van der Waals surface area contributed by atoms with Gasteiger partial charge in [0, 0.05) is 29.0 Å². The zero-order chi connectivity index (χ0) is 9.80. The molecule has 76 valence electrons. The van der Waals surface area contributed by atoms with Crippen LogP contribution in [-0.2, 0) is 0 Å². The van der Waals surface area contributed by atoms with Crippen molar-refractivity contribution in [2.75, 3.05) is 17.7 Å². The monoisotopic (exact) mass is 209 g/mol. The Hall–Kier alpha value is -0.670. The van der Waals surface area contributed by atoms with Gasteiger partial charge in [0.15, 0.2) is 0 Å². The summed E-state index contributed by atoms with van der Waals surface area (Å²) in [5.41, 5.74) is 1.24. The summed E-state index contributed by atoms with van der Waals surface area (Å²) < 4.78 is 0. The highest BCUT2D eigenvalue weighted by Crippen LogP contribution is 2.33. The molecule has 0 fully saturated rings. The normalized spacial score (nSPS) is 19.9. The second-order valence-corrected chi connectivity index (χ2v) is 4.58. The number of anilines is 1. The summed E-state index contributed by atoms with van der Waals surface area (Å²) in [6.45, 7) is 0.296. The minimum atomic E-state index is 0.296. The van der Waals surface area contributed by atoms with E-state index in [0.29, 0.717) is 12.6 Å². The molecule has 14 heavy (non-hydrogen) atoms. The van der Waals surface area contributed by atoms with Gasteiger partial charge in [-0.25, -0.2) is 0 Å². The summed E-state index contributed by atoms with van der Waals surface area (Å²) in [4.78, 5) is 1.34. The molecule has 1 aromatic rings. The maximum atomic E-state index is 8.76. The van der Waals surface area contributed by atoms with Crippen LogP contribution < -0.4 is 5.32 Å². The molecule has 3 heteroatoms. The molecule has 1 aliphatic rings. The van der Waals surface area contributed by atoms with Crippen molar-refractivity contribution in [3.63, 3.8) is 0 Å². The molecule has 1 aromatic carbocycles. The van der Waals surface area contributed by atoms with Gasteiger partial charge in [0.25, 0.3) is 0 Å². The molecule has 0 bridgehead atoms. The first-order valence-corrected chi connectivity index (χ1v) is 5.98. The van der Waals surface area contributed by atoms with Crippen molar-refractivity contribution in [1.82, 2.24) is 0 Å². The molecule has 1 heterocycles. The number of hydrogen-bond acceptors (Lipinski definition) is 3. The van der Waals surface area contributed by atoms with E-state index in [1.807, 2.05) is 11.8 Å². The topological polar surface area (TPSA) is 32.3 Å². The van der Waals surface area contributed by atoms with E-state index in [-0.39, 0.29) is 0 Å². The van der Waals surface area contributed by atoms with Gasteiger partial charge in [-0.05, 0) is 25.0 Å². The Bertz CT molecular complexity index is 303. The van der Waals surface area contributed by atoms with Crippen molar-refractivity contribution in [3.8, 4) is 0 Å². The predicted molar refractivity (Wildman–Crippen MR) is 60.9 cm³/mol. The van der Waals surface area contributed by atoms with Crippen LogP contribution in [-0.4, -0.2) is 23.5 Å². The van der Waals surface area contributed by atoms with E-state index in [2.05, 4.69) is 29.6 Å². The van der Waals surface area contributed by atoms with Crippen LogP contribution in [0.4, 0.5) is 5.69 Å². The van der Waals surface area contributed by atoms with Gasteiger partial charge >= 0.3 is 0 Å². The lowest BCUT2D eigenvalue weighted by Gasteiger charge is -2.26. The largest absolute Gasteiger partial charge is 0.396 e. The van der Waals surface area contributed by atoms with Crippen molar-refractivity contribution < 1.29 is 5.11 Å².